The first-order chi connectivity index (χ1) is 12.7. The standard InChI is InChI=1S/C19H25N3O3S/c1-2-3-4-10-17-21-22-19(26-17)20-18(23)14-7-5-8-15(12-14)25-13-16-9-6-11-24-16/h5,7-8,12,16H,2-4,6,9-11,13H2,1H3,(H,20,22,23). The quantitative estimate of drug-likeness (QED) is 0.669. The van der Waals surface area contributed by atoms with Crippen molar-refractivity contribution in [3.63, 3.8) is 0 Å². The molecule has 0 saturated carbocycles. The van der Waals surface area contributed by atoms with Gasteiger partial charge in [0.15, 0.2) is 0 Å². The van der Waals surface area contributed by atoms with E-state index < -0.39 is 0 Å². The van der Waals surface area contributed by atoms with Gasteiger partial charge in [-0.1, -0.05) is 37.2 Å². The third-order valence-corrected chi connectivity index (χ3v) is 5.14. The van der Waals surface area contributed by atoms with Crippen LogP contribution in [-0.2, 0) is 11.2 Å². The van der Waals surface area contributed by atoms with Crippen molar-refractivity contribution in [3.8, 4) is 5.75 Å². The summed E-state index contributed by atoms with van der Waals surface area (Å²) in [6.07, 6.45) is 6.63. The average Bonchev–Trinajstić information content (AvgIpc) is 3.32. The molecule has 1 aliphatic rings. The number of unbranched alkanes of at least 4 members (excludes halogenated alkanes) is 2. The molecule has 6 nitrogen and oxygen atoms in total. The van der Waals surface area contributed by atoms with Gasteiger partial charge in [-0.15, -0.1) is 10.2 Å². The maximum Gasteiger partial charge on any atom is 0.257 e. The minimum absolute atomic E-state index is 0.153. The summed E-state index contributed by atoms with van der Waals surface area (Å²) in [6.45, 7) is 3.49. The molecule has 7 heteroatoms. The zero-order valence-electron chi connectivity index (χ0n) is 15.1. The van der Waals surface area contributed by atoms with E-state index in [1.54, 1.807) is 12.1 Å². The van der Waals surface area contributed by atoms with Gasteiger partial charge in [0.2, 0.25) is 5.13 Å². The highest BCUT2D eigenvalue weighted by atomic mass is 32.1. The van der Waals surface area contributed by atoms with Crippen LogP contribution in [0.3, 0.4) is 0 Å². The molecule has 3 rings (SSSR count). The Morgan fingerprint density at radius 1 is 1.38 bits per heavy atom. The Balaban J connectivity index is 1.53. The van der Waals surface area contributed by atoms with E-state index in [1.807, 2.05) is 12.1 Å². The van der Waals surface area contributed by atoms with Crippen LogP contribution in [0.15, 0.2) is 24.3 Å². The molecule has 26 heavy (non-hydrogen) atoms. The zero-order chi connectivity index (χ0) is 18.2. The van der Waals surface area contributed by atoms with Crippen LogP contribution in [0.4, 0.5) is 5.13 Å². The first-order valence-electron chi connectivity index (χ1n) is 9.23. The molecule has 1 amide bonds. The largest absolute Gasteiger partial charge is 0.491 e. The van der Waals surface area contributed by atoms with Gasteiger partial charge in [-0.2, -0.15) is 0 Å². The molecule has 2 aromatic rings. The minimum atomic E-state index is -0.205. The second-order valence-corrected chi connectivity index (χ2v) is 7.45. The monoisotopic (exact) mass is 375 g/mol. The molecule has 1 aliphatic heterocycles. The highest BCUT2D eigenvalue weighted by Crippen LogP contribution is 2.20. The van der Waals surface area contributed by atoms with Crippen molar-refractivity contribution in [2.24, 2.45) is 0 Å². The number of amides is 1. The van der Waals surface area contributed by atoms with Gasteiger partial charge in [-0.05, 0) is 37.5 Å². The van der Waals surface area contributed by atoms with Crippen LogP contribution in [0.25, 0.3) is 0 Å². The SMILES string of the molecule is CCCCCc1nnc(NC(=O)c2cccc(OCC3CCCO3)c2)s1. The van der Waals surface area contributed by atoms with Crippen LogP contribution in [0.5, 0.6) is 5.75 Å². The Kier molecular flexibility index (Phi) is 6.96. The van der Waals surface area contributed by atoms with Gasteiger partial charge in [-0.3, -0.25) is 10.1 Å². The van der Waals surface area contributed by atoms with Gasteiger partial charge >= 0.3 is 0 Å². The van der Waals surface area contributed by atoms with E-state index >= 15 is 0 Å². The Morgan fingerprint density at radius 2 is 2.31 bits per heavy atom. The average molecular weight is 375 g/mol. The lowest BCUT2D eigenvalue weighted by molar-refractivity contribution is 0.0679. The molecule has 0 spiro atoms. The van der Waals surface area contributed by atoms with Gasteiger partial charge in [0.25, 0.3) is 5.91 Å². The molecule has 2 heterocycles. The molecule has 1 saturated heterocycles. The number of aromatic nitrogens is 2. The smallest absolute Gasteiger partial charge is 0.257 e. The topological polar surface area (TPSA) is 73.3 Å². The number of anilines is 1. The lowest BCUT2D eigenvalue weighted by atomic mass is 10.2. The van der Waals surface area contributed by atoms with Crippen LogP contribution in [0, 0.1) is 0 Å². The summed E-state index contributed by atoms with van der Waals surface area (Å²) in [5.74, 6) is 0.467. The summed E-state index contributed by atoms with van der Waals surface area (Å²) in [5, 5.41) is 12.5. The van der Waals surface area contributed by atoms with Crippen molar-refractivity contribution in [3.05, 3.63) is 34.8 Å². The zero-order valence-corrected chi connectivity index (χ0v) is 15.9. The first-order valence-corrected chi connectivity index (χ1v) is 10.0. The fourth-order valence-corrected chi connectivity index (χ4v) is 3.57. The molecule has 0 aliphatic carbocycles. The summed E-state index contributed by atoms with van der Waals surface area (Å²) in [5.41, 5.74) is 0.539. The molecule has 1 aromatic heterocycles. The Labute approximate surface area is 157 Å². The second-order valence-electron chi connectivity index (χ2n) is 6.39. The predicted octanol–water partition coefficient (Wildman–Crippen LogP) is 4.08. The van der Waals surface area contributed by atoms with Crippen LogP contribution < -0.4 is 10.1 Å². The van der Waals surface area contributed by atoms with Crippen molar-refractivity contribution in [2.45, 2.75) is 51.6 Å². The normalized spacial score (nSPS) is 16.6. The van der Waals surface area contributed by atoms with E-state index in [0.717, 1.165) is 37.3 Å². The van der Waals surface area contributed by atoms with Crippen molar-refractivity contribution in [1.29, 1.82) is 0 Å². The molecule has 140 valence electrons. The van der Waals surface area contributed by atoms with Crippen LogP contribution in [0.2, 0.25) is 0 Å². The van der Waals surface area contributed by atoms with E-state index in [9.17, 15) is 4.79 Å². The molecule has 0 radical (unpaired) electrons. The number of aryl methyl sites for hydroxylation is 1. The highest BCUT2D eigenvalue weighted by Gasteiger charge is 2.16. The minimum Gasteiger partial charge on any atom is -0.491 e. The number of carbonyl (C=O) groups excluding carboxylic acids is 1. The number of nitrogens with zero attached hydrogens (tertiary/aromatic N) is 2. The van der Waals surface area contributed by atoms with Crippen LogP contribution in [0.1, 0.15) is 54.4 Å². The van der Waals surface area contributed by atoms with Crippen molar-refractivity contribution < 1.29 is 14.3 Å². The fraction of sp³-hybridized carbons (Fsp3) is 0.526. The van der Waals surface area contributed by atoms with Gasteiger partial charge in [0.1, 0.15) is 17.4 Å². The molecule has 1 unspecified atom stereocenters. The molecule has 1 N–H and O–H groups in total. The van der Waals surface area contributed by atoms with E-state index in [4.69, 9.17) is 9.47 Å². The number of nitrogens with one attached hydrogen (secondary N) is 1. The molecule has 1 atom stereocenters. The first kappa shape index (κ1) is 18.8. The fourth-order valence-electron chi connectivity index (χ4n) is 2.79. The number of ether oxygens (including phenoxy) is 2. The third kappa shape index (κ3) is 5.51. The Morgan fingerprint density at radius 3 is 3.12 bits per heavy atom. The molecule has 1 fully saturated rings. The second kappa shape index (κ2) is 9.64. The van der Waals surface area contributed by atoms with Gasteiger partial charge < -0.3 is 9.47 Å². The third-order valence-electron chi connectivity index (χ3n) is 4.24. The number of carbonyl (C=O) groups is 1. The maximum atomic E-state index is 12.4. The van der Waals surface area contributed by atoms with E-state index in [1.165, 1.54) is 24.2 Å². The maximum absolute atomic E-state index is 12.4. The Bertz CT molecular complexity index is 714. The van der Waals surface area contributed by atoms with E-state index in [2.05, 4.69) is 22.4 Å². The molecular formula is C19H25N3O3S. The van der Waals surface area contributed by atoms with Crippen molar-refractivity contribution >= 4 is 22.4 Å². The van der Waals surface area contributed by atoms with Crippen molar-refractivity contribution in [1.82, 2.24) is 10.2 Å². The molecule has 1 aromatic carbocycles. The number of rotatable bonds is 9. The summed E-state index contributed by atoms with van der Waals surface area (Å²) in [4.78, 5) is 12.4. The van der Waals surface area contributed by atoms with E-state index in [0.29, 0.717) is 23.1 Å². The Hall–Kier alpha value is -1.99. The van der Waals surface area contributed by atoms with Gasteiger partial charge in [0.05, 0.1) is 6.10 Å². The summed E-state index contributed by atoms with van der Waals surface area (Å²) < 4.78 is 11.3. The molecular weight excluding hydrogens is 350 g/mol. The van der Waals surface area contributed by atoms with Gasteiger partial charge in [0, 0.05) is 18.6 Å². The number of hydrogen-bond donors (Lipinski definition) is 1. The summed E-state index contributed by atoms with van der Waals surface area (Å²) in [6, 6.07) is 7.17. The van der Waals surface area contributed by atoms with Crippen LogP contribution >= 0.6 is 11.3 Å². The number of benzene rings is 1. The lowest BCUT2D eigenvalue weighted by Gasteiger charge is -2.12. The lowest BCUT2D eigenvalue weighted by Crippen LogP contribution is -2.17. The van der Waals surface area contributed by atoms with Crippen molar-refractivity contribution in [2.75, 3.05) is 18.5 Å². The van der Waals surface area contributed by atoms with E-state index in [-0.39, 0.29) is 12.0 Å². The molecule has 0 bridgehead atoms. The van der Waals surface area contributed by atoms with Crippen LogP contribution in [-0.4, -0.2) is 35.4 Å². The summed E-state index contributed by atoms with van der Waals surface area (Å²) >= 11 is 1.44. The van der Waals surface area contributed by atoms with Gasteiger partial charge in [-0.25, -0.2) is 0 Å². The summed E-state index contributed by atoms with van der Waals surface area (Å²) in [7, 11) is 0. The highest BCUT2D eigenvalue weighted by molar-refractivity contribution is 7.15. The number of hydrogen-bond acceptors (Lipinski definition) is 6. The predicted molar refractivity (Wildman–Crippen MR) is 102 cm³/mol.